The Morgan fingerprint density at radius 1 is 1.38 bits per heavy atom. The fourth-order valence-electron chi connectivity index (χ4n) is 1.55. The average molecular weight is 294 g/mol. The largest absolute Gasteiger partial charge is 0.492 e. The molecular weight excluding hydrogens is 272 g/mol. The van der Waals surface area contributed by atoms with Crippen LogP contribution in [0.3, 0.4) is 0 Å². The molecule has 116 valence electrons. The fourth-order valence-corrected chi connectivity index (χ4v) is 1.55. The second-order valence-corrected chi connectivity index (χ2v) is 4.95. The molecular formula is C14H22N4O3. The molecule has 7 heteroatoms. The first-order chi connectivity index (χ1) is 9.88. The molecule has 21 heavy (non-hydrogen) atoms. The molecule has 0 aromatic heterocycles. The summed E-state index contributed by atoms with van der Waals surface area (Å²) in [7, 11) is 3.92. The summed E-state index contributed by atoms with van der Waals surface area (Å²) in [6, 6.07) is 6.02. The van der Waals surface area contributed by atoms with Crippen molar-refractivity contribution in [1.82, 2.24) is 4.90 Å². The number of carbonyl (C=O) groups is 2. The molecule has 0 aliphatic rings. The number of nitrogens with zero attached hydrogens (tertiary/aromatic N) is 1. The Morgan fingerprint density at radius 2 is 2.10 bits per heavy atom. The van der Waals surface area contributed by atoms with Gasteiger partial charge in [-0.05, 0) is 26.2 Å². The van der Waals surface area contributed by atoms with E-state index in [0.717, 1.165) is 6.54 Å². The van der Waals surface area contributed by atoms with Gasteiger partial charge in [0.2, 0.25) is 11.8 Å². The van der Waals surface area contributed by atoms with Crippen molar-refractivity contribution in [2.24, 2.45) is 11.5 Å². The predicted octanol–water partition coefficient (Wildman–Crippen LogP) is -0.232. The van der Waals surface area contributed by atoms with Crippen LogP contribution in [0.25, 0.3) is 0 Å². The van der Waals surface area contributed by atoms with E-state index in [1.807, 2.05) is 19.0 Å². The third kappa shape index (κ3) is 6.73. The number of anilines is 1. The molecule has 7 nitrogen and oxygen atoms in total. The lowest BCUT2D eigenvalue weighted by Gasteiger charge is -2.13. The summed E-state index contributed by atoms with van der Waals surface area (Å²) in [6.07, 6.45) is -0.190. The number of rotatable bonds is 8. The van der Waals surface area contributed by atoms with E-state index < -0.39 is 17.9 Å². The Bertz CT molecular complexity index is 491. The third-order valence-electron chi connectivity index (χ3n) is 2.67. The number of nitrogens with one attached hydrogen (secondary N) is 1. The first-order valence-electron chi connectivity index (χ1n) is 6.61. The van der Waals surface area contributed by atoms with Gasteiger partial charge in [-0.15, -0.1) is 0 Å². The molecule has 0 fully saturated rings. The molecule has 0 saturated heterocycles. The van der Waals surface area contributed by atoms with Crippen LogP contribution < -0.4 is 21.5 Å². The summed E-state index contributed by atoms with van der Waals surface area (Å²) in [6.45, 7) is 1.34. The van der Waals surface area contributed by atoms with E-state index in [2.05, 4.69) is 5.32 Å². The van der Waals surface area contributed by atoms with Crippen LogP contribution >= 0.6 is 0 Å². The summed E-state index contributed by atoms with van der Waals surface area (Å²) in [4.78, 5) is 24.5. The minimum Gasteiger partial charge on any atom is -0.492 e. The number of benzene rings is 1. The van der Waals surface area contributed by atoms with Crippen LogP contribution in [0.1, 0.15) is 6.42 Å². The van der Waals surface area contributed by atoms with Crippen LogP contribution in [0.4, 0.5) is 5.69 Å². The summed E-state index contributed by atoms with van der Waals surface area (Å²) < 4.78 is 5.57. The SMILES string of the molecule is CN(C)CCOc1cccc(NC(=O)C(N)CC(N)=O)c1. The summed E-state index contributed by atoms with van der Waals surface area (Å²) >= 11 is 0. The Labute approximate surface area is 124 Å². The zero-order valence-corrected chi connectivity index (χ0v) is 12.3. The molecule has 1 rings (SSSR count). The van der Waals surface area contributed by atoms with Gasteiger partial charge >= 0.3 is 0 Å². The number of hydrogen-bond donors (Lipinski definition) is 3. The highest BCUT2D eigenvalue weighted by Crippen LogP contribution is 2.17. The first-order valence-corrected chi connectivity index (χ1v) is 6.61. The van der Waals surface area contributed by atoms with E-state index in [4.69, 9.17) is 16.2 Å². The number of likely N-dealkylation sites (N-methyl/N-ethyl adjacent to an activating group) is 1. The van der Waals surface area contributed by atoms with Crippen molar-refractivity contribution in [2.75, 3.05) is 32.6 Å². The molecule has 5 N–H and O–H groups in total. The van der Waals surface area contributed by atoms with Crippen molar-refractivity contribution in [3.05, 3.63) is 24.3 Å². The normalized spacial score (nSPS) is 12.0. The Hall–Kier alpha value is -2.12. The fraction of sp³-hybridized carbons (Fsp3) is 0.429. The van der Waals surface area contributed by atoms with E-state index in [9.17, 15) is 9.59 Å². The molecule has 1 aromatic carbocycles. The van der Waals surface area contributed by atoms with Crippen LogP contribution in [0.5, 0.6) is 5.75 Å². The molecule has 0 aliphatic carbocycles. The van der Waals surface area contributed by atoms with Crippen LogP contribution in [0.15, 0.2) is 24.3 Å². The van der Waals surface area contributed by atoms with Crippen molar-refractivity contribution < 1.29 is 14.3 Å². The molecule has 0 radical (unpaired) electrons. The maximum absolute atomic E-state index is 11.8. The number of primary amides is 1. The maximum atomic E-state index is 11.8. The molecule has 0 bridgehead atoms. The van der Waals surface area contributed by atoms with E-state index in [1.165, 1.54) is 0 Å². The molecule has 2 amide bonds. The maximum Gasteiger partial charge on any atom is 0.241 e. The van der Waals surface area contributed by atoms with Gasteiger partial charge < -0.3 is 26.4 Å². The number of ether oxygens (including phenoxy) is 1. The van der Waals surface area contributed by atoms with Crippen molar-refractivity contribution in [1.29, 1.82) is 0 Å². The van der Waals surface area contributed by atoms with Gasteiger partial charge in [0.05, 0.1) is 12.5 Å². The Kier molecular flexibility index (Phi) is 6.64. The second-order valence-electron chi connectivity index (χ2n) is 4.95. The molecule has 1 atom stereocenters. The lowest BCUT2D eigenvalue weighted by Crippen LogP contribution is -2.38. The van der Waals surface area contributed by atoms with Gasteiger partial charge in [-0.3, -0.25) is 9.59 Å². The molecule has 1 unspecified atom stereocenters. The van der Waals surface area contributed by atoms with E-state index >= 15 is 0 Å². The van der Waals surface area contributed by atoms with E-state index in [-0.39, 0.29) is 6.42 Å². The Morgan fingerprint density at radius 3 is 2.71 bits per heavy atom. The van der Waals surface area contributed by atoms with Crippen LogP contribution in [0, 0.1) is 0 Å². The molecule has 0 saturated carbocycles. The van der Waals surface area contributed by atoms with Crippen molar-refractivity contribution in [3.8, 4) is 5.75 Å². The smallest absolute Gasteiger partial charge is 0.241 e. The Balaban J connectivity index is 2.55. The molecule has 1 aromatic rings. The van der Waals surface area contributed by atoms with Gasteiger partial charge in [0.15, 0.2) is 0 Å². The van der Waals surface area contributed by atoms with Gasteiger partial charge in [-0.25, -0.2) is 0 Å². The van der Waals surface area contributed by atoms with Crippen LogP contribution in [-0.2, 0) is 9.59 Å². The molecule has 0 spiro atoms. The van der Waals surface area contributed by atoms with Crippen LogP contribution in [-0.4, -0.2) is 50.0 Å². The topological polar surface area (TPSA) is 111 Å². The van der Waals surface area contributed by atoms with Gasteiger partial charge in [-0.1, -0.05) is 6.07 Å². The third-order valence-corrected chi connectivity index (χ3v) is 2.67. The highest BCUT2D eigenvalue weighted by molar-refractivity contribution is 5.97. The monoisotopic (exact) mass is 294 g/mol. The summed E-state index contributed by atoms with van der Waals surface area (Å²) in [5, 5.41) is 2.62. The van der Waals surface area contributed by atoms with Crippen molar-refractivity contribution >= 4 is 17.5 Å². The number of carbonyl (C=O) groups excluding carboxylic acids is 2. The highest BCUT2D eigenvalue weighted by Gasteiger charge is 2.16. The van der Waals surface area contributed by atoms with Gasteiger partial charge in [0.25, 0.3) is 0 Å². The lowest BCUT2D eigenvalue weighted by atomic mass is 10.2. The second kappa shape index (κ2) is 8.23. The van der Waals surface area contributed by atoms with Gasteiger partial charge in [0, 0.05) is 18.3 Å². The minimum atomic E-state index is -0.958. The summed E-state index contributed by atoms with van der Waals surface area (Å²) in [5.41, 5.74) is 11.1. The predicted molar refractivity (Wildman–Crippen MR) is 80.9 cm³/mol. The van der Waals surface area contributed by atoms with Crippen LogP contribution in [0.2, 0.25) is 0 Å². The minimum absolute atomic E-state index is 0.190. The lowest BCUT2D eigenvalue weighted by molar-refractivity contribution is -0.123. The molecule has 0 aliphatic heterocycles. The van der Waals surface area contributed by atoms with Gasteiger partial charge in [-0.2, -0.15) is 0 Å². The van der Waals surface area contributed by atoms with E-state index in [0.29, 0.717) is 18.0 Å². The number of nitrogens with two attached hydrogens (primary N) is 2. The van der Waals surface area contributed by atoms with E-state index in [1.54, 1.807) is 24.3 Å². The quantitative estimate of drug-likeness (QED) is 0.613. The average Bonchev–Trinajstić information content (AvgIpc) is 2.37. The zero-order valence-electron chi connectivity index (χ0n) is 12.3. The zero-order chi connectivity index (χ0) is 15.8. The first kappa shape index (κ1) is 16.9. The van der Waals surface area contributed by atoms with Gasteiger partial charge in [0.1, 0.15) is 12.4 Å². The highest BCUT2D eigenvalue weighted by atomic mass is 16.5. The van der Waals surface area contributed by atoms with Crippen molar-refractivity contribution in [2.45, 2.75) is 12.5 Å². The van der Waals surface area contributed by atoms with Crippen molar-refractivity contribution in [3.63, 3.8) is 0 Å². The summed E-state index contributed by atoms with van der Waals surface area (Å²) in [5.74, 6) is -0.421. The number of amides is 2. The number of hydrogen-bond acceptors (Lipinski definition) is 5. The standard InChI is InChI=1S/C14H22N4O3/c1-18(2)6-7-21-11-5-3-4-10(8-11)17-14(20)12(15)9-13(16)19/h3-5,8,12H,6-7,9,15H2,1-2H3,(H2,16,19)(H,17,20). The molecule has 0 heterocycles.